The molecule has 2 aromatic heterocycles. The highest BCUT2D eigenvalue weighted by atomic mass is 19.4. The highest BCUT2D eigenvalue weighted by molar-refractivity contribution is 5.94. The summed E-state index contributed by atoms with van der Waals surface area (Å²) in [7, 11) is 4.58. The molecule has 1 unspecified atom stereocenters. The van der Waals surface area contributed by atoms with Gasteiger partial charge in [0.05, 0.1) is 17.2 Å². The number of nitrogens with zero attached hydrogens (tertiary/aromatic N) is 7. The number of alkyl halides is 6. The molecule has 0 N–H and O–H groups in total. The molecule has 0 radical (unpaired) electrons. The molecule has 0 saturated heterocycles. The van der Waals surface area contributed by atoms with Crippen LogP contribution in [0.15, 0.2) is 36.7 Å². The van der Waals surface area contributed by atoms with Crippen molar-refractivity contribution in [3.8, 4) is 5.95 Å². The summed E-state index contributed by atoms with van der Waals surface area (Å²) in [5.41, 5.74) is -3.93. The van der Waals surface area contributed by atoms with Crippen molar-refractivity contribution >= 4 is 11.9 Å². The normalized spacial score (nSPS) is 13.0. The molecule has 0 aliphatic rings. The molecule has 8 nitrogen and oxygen atoms in total. The Balaban J connectivity index is 1.99. The first-order chi connectivity index (χ1) is 15.7. The molecule has 0 bridgehead atoms. The van der Waals surface area contributed by atoms with Gasteiger partial charge in [-0.3, -0.25) is 4.79 Å². The Morgan fingerprint density at radius 3 is 1.94 bits per heavy atom. The second kappa shape index (κ2) is 8.91. The Kier molecular flexibility index (Phi) is 6.53. The molecule has 1 aromatic carbocycles. The molecule has 1 atom stereocenters. The summed E-state index contributed by atoms with van der Waals surface area (Å²) in [5, 5.41) is 4.30. The molecule has 14 heteroatoms. The van der Waals surface area contributed by atoms with Gasteiger partial charge >= 0.3 is 12.4 Å². The summed E-state index contributed by atoms with van der Waals surface area (Å²) in [5.74, 6) is -0.510. The number of rotatable bonds is 5. The van der Waals surface area contributed by atoms with E-state index in [1.807, 2.05) is 0 Å². The number of benzene rings is 1. The van der Waals surface area contributed by atoms with Crippen LogP contribution < -0.4 is 4.90 Å². The number of carbonyl (C=O) groups is 1. The first-order valence-electron chi connectivity index (χ1n) is 9.68. The third kappa shape index (κ3) is 5.10. The average molecular weight is 487 g/mol. The molecule has 0 saturated carbocycles. The molecule has 1 amide bonds. The summed E-state index contributed by atoms with van der Waals surface area (Å²) in [6.07, 6.45) is -7.18. The van der Waals surface area contributed by atoms with Crippen molar-refractivity contribution in [2.45, 2.75) is 25.3 Å². The van der Waals surface area contributed by atoms with Crippen LogP contribution in [0.25, 0.3) is 5.95 Å². The number of hydrogen-bond donors (Lipinski definition) is 0. The lowest BCUT2D eigenvalue weighted by atomic mass is 10.0. The maximum Gasteiger partial charge on any atom is 0.416 e. The van der Waals surface area contributed by atoms with Crippen molar-refractivity contribution in [3.05, 3.63) is 59.2 Å². The van der Waals surface area contributed by atoms with Gasteiger partial charge in [-0.25, -0.2) is 9.97 Å². The smallest absolute Gasteiger partial charge is 0.347 e. The molecular formula is C20H19F6N7O. The van der Waals surface area contributed by atoms with Gasteiger partial charge in [0.2, 0.25) is 5.95 Å². The van der Waals surface area contributed by atoms with Crippen LogP contribution in [0.1, 0.15) is 40.3 Å². The number of carbonyl (C=O) groups excluding carboxylic acids is 1. The van der Waals surface area contributed by atoms with Crippen LogP contribution in [0, 0.1) is 0 Å². The zero-order valence-corrected chi connectivity index (χ0v) is 18.3. The molecule has 0 spiro atoms. The van der Waals surface area contributed by atoms with Gasteiger partial charge < -0.3 is 9.80 Å². The molecule has 182 valence electrons. The number of hydrogen-bond acceptors (Lipinski definition) is 6. The van der Waals surface area contributed by atoms with E-state index in [1.54, 1.807) is 25.1 Å². The number of amides is 1. The predicted molar refractivity (Wildman–Crippen MR) is 108 cm³/mol. The molecule has 3 rings (SSSR count). The van der Waals surface area contributed by atoms with E-state index in [0.717, 1.165) is 4.90 Å². The van der Waals surface area contributed by atoms with Gasteiger partial charge in [0.25, 0.3) is 11.9 Å². The third-order valence-corrected chi connectivity index (χ3v) is 4.86. The van der Waals surface area contributed by atoms with Gasteiger partial charge in [0, 0.05) is 39.1 Å². The van der Waals surface area contributed by atoms with Gasteiger partial charge in [-0.2, -0.15) is 36.0 Å². The highest BCUT2D eigenvalue weighted by Gasteiger charge is 2.38. The van der Waals surface area contributed by atoms with E-state index in [-0.39, 0.29) is 17.8 Å². The topological polar surface area (TPSA) is 80.0 Å². The van der Waals surface area contributed by atoms with E-state index in [4.69, 9.17) is 0 Å². The van der Waals surface area contributed by atoms with E-state index in [1.165, 1.54) is 31.0 Å². The third-order valence-electron chi connectivity index (χ3n) is 4.86. The van der Waals surface area contributed by atoms with Crippen LogP contribution >= 0.6 is 0 Å². The SMILES string of the molecule is CC(c1nc(N(C)C)n(-c2ncccn2)n1)N(C)C(=O)c1cc(C(F)(F)F)cc(C(F)(F)F)c1. The monoisotopic (exact) mass is 487 g/mol. The Morgan fingerprint density at radius 2 is 1.47 bits per heavy atom. The largest absolute Gasteiger partial charge is 0.416 e. The van der Waals surface area contributed by atoms with E-state index < -0.39 is 41.0 Å². The molecule has 3 aromatic rings. The van der Waals surface area contributed by atoms with E-state index >= 15 is 0 Å². The molecule has 34 heavy (non-hydrogen) atoms. The fourth-order valence-corrected chi connectivity index (χ4v) is 2.95. The summed E-state index contributed by atoms with van der Waals surface area (Å²) in [6, 6.07) is 1.41. The van der Waals surface area contributed by atoms with Crippen LogP contribution in [-0.4, -0.2) is 56.7 Å². The maximum absolute atomic E-state index is 13.2. The van der Waals surface area contributed by atoms with Crippen molar-refractivity contribution in [2.75, 3.05) is 26.0 Å². The number of aromatic nitrogens is 5. The summed E-state index contributed by atoms with van der Waals surface area (Å²) < 4.78 is 80.4. The average Bonchev–Trinajstić information content (AvgIpc) is 3.22. The second-order valence-corrected chi connectivity index (χ2v) is 7.51. The van der Waals surface area contributed by atoms with Crippen LogP contribution in [0.3, 0.4) is 0 Å². The van der Waals surface area contributed by atoms with Crippen LogP contribution in [0.4, 0.5) is 32.3 Å². The van der Waals surface area contributed by atoms with Crippen LogP contribution in [-0.2, 0) is 12.4 Å². The first-order valence-corrected chi connectivity index (χ1v) is 9.68. The van der Waals surface area contributed by atoms with Gasteiger partial charge in [-0.05, 0) is 31.2 Å². The van der Waals surface area contributed by atoms with Gasteiger partial charge in [-0.15, -0.1) is 5.10 Å². The minimum Gasteiger partial charge on any atom is -0.347 e. The van der Waals surface area contributed by atoms with Crippen molar-refractivity contribution < 1.29 is 31.1 Å². The standard InChI is InChI=1S/C20H19F6N7O/c1-11(15-29-18(31(2)3)33(30-15)17-27-6-5-7-28-17)32(4)16(34)12-8-13(19(21,22)23)10-14(9-12)20(24,25)26/h5-11H,1-4H3. The maximum atomic E-state index is 13.2. The number of anilines is 1. The quantitative estimate of drug-likeness (QED) is 0.507. The lowest BCUT2D eigenvalue weighted by Crippen LogP contribution is -2.31. The Bertz CT molecular complexity index is 1140. The lowest BCUT2D eigenvalue weighted by Gasteiger charge is -2.23. The van der Waals surface area contributed by atoms with Crippen LogP contribution in [0.2, 0.25) is 0 Å². The lowest BCUT2D eigenvalue weighted by molar-refractivity contribution is -0.143. The number of halogens is 6. The molecule has 0 aliphatic heterocycles. The fraction of sp³-hybridized carbons (Fsp3) is 0.350. The van der Waals surface area contributed by atoms with E-state index in [0.29, 0.717) is 18.1 Å². The second-order valence-electron chi connectivity index (χ2n) is 7.51. The van der Waals surface area contributed by atoms with E-state index in [9.17, 15) is 31.1 Å². The minimum absolute atomic E-state index is 0.0351. The van der Waals surface area contributed by atoms with Crippen molar-refractivity contribution in [3.63, 3.8) is 0 Å². The first kappa shape index (κ1) is 24.9. The van der Waals surface area contributed by atoms with Crippen molar-refractivity contribution in [2.24, 2.45) is 0 Å². The Labute approximate surface area is 189 Å². The van der Waals surface area contributed by atoms with Crippen molar-refractivity contribution in [1.29, 1.82) is 0 Å². The molecule has 2 heterocycles. The summed E-state index contributed by atoms with van der Waals surface area (Å²) in [6.45, 7) is 1.49. The molecule has 0 aliphatic carbocycles. The highest BCUT2D eigenvalue weighted by Crippen LogP contribution is 2.37. The summed E-state index contributed by atoms with van der Waals surface area (Å²) >= 11 is 0. The zero-order chi connectivity index (χ0) is 25.4. The summed E-state index contributed by atoms with van der Waals surface area (Å²) in [4.78, 5) is 28.0. The van der Waals surface area contributed by atoms with Crippen molar-refractivity contribution in [1.82, 2.24) is 29.6 Å². The van der Waals surface area contributed by atoms with E-state index in [2.05, 4.69) is 20.1 Å². The van der Waals surface area contributed by atoms with Gasteiger partial charge in [-0.1, -0.05) is 0 Å². The minimum atomic E-state index is -5.07. The van der Waals surface area contributed by atoms with Gasteiger partial charge in [0.15, 0.2) is 5.82 Å². The molecule has 0 fully saturated rings. The molecular weight excluding hydrogens is 468 g/mol. The van der Waals surface area contributed by atoms with Gasteiger partial charge in [0.1, 0.15) is 0 Å². The Hall–Kier alpha value is -3.71. The Morgan fingerprint density at radius 1 is 0.941 bits per heavy atom. The zero-order valence-electron chi connectivity index (χ0n) is 18.3. The fourth-order valence-electron chi connectivity index (χ4n) is 2.95. The van der Waals surface area contributed by atoms with Crippen LogP contribution in [0.5, 0.6) is 0 Å². The predicted octanol–water partition coefficient (Wildman–Crippen LogP) is 3.99.